The molecule has 0 saturated heterocycles. The zero-order chi connectivity index (χ0) is 20.5. The van der Waals surface area contributed by atoms with Gasteiger partial charge in [-0.1, -0.05) is 41.7 Å². The van der Waals surface area contributed by atoms with E-state index in [0.29, 0.717) is 17.2 Å². The molecular formula is C22H17N5O2S. The molecule has 0 aliphatic heterocycles. The second kappa shape index (κ2) is 7.57. The quantitative estimate of drug-likeness (QED) is 0.461. The molecule has 1 N–H and O–H groups in total. The summed E-state index contributed by atoms with van der Waals surface area (Å²) in [7, 11) is 1.62. The van der Waals surface area contributed by atoms with Gasteiger partial charge in [-0.3, -0.25) is 10.1 Å². The van der Waals surface area contributed by atoms with Crippen LogP contribution in [-0.2, 0) is 6.54 Å². The number of rotatable bonds is 5. The number of amides is 1. The fourth-order valence-electron chi connectivity index (χ4n) is 3.22. The average molecular weight is 415 g/mol. The fraction of sp³-hybridized carbons (Fsp3) is 0.0909. The highest BCUT2D eigenvalue weighted by molar-refractivity contribution is 7.22. The lowest BCUT2D eigenvalue weighted by Crippen LogP contribution is -2.12. The van der Waals surface area contributed by atoms with Gasteiger partial charge in [0.2, 0.25) is 0 Å². The van der Waals surface area contributed by atoms with Crippen LogP contribution in [0, 0.1) is 0 Å². The van der Waals surface area contributed by atoms with Gasteiger partial charge in [0, 0.05) is 11.6 Å². The number of hydrogen-bond donors (Lipinski definition) is 1. The van der Waals surface area contributed by atoms with Gasteiger partial charge in [-0.15, -0.1) is 0 Å². The molecule has 0 unspecified atom stereocenters. The highest BCUT2D eigenvalue weighted by Gasteiger charge is 2.13. The Morgan fingerprint density at radius 1 is 1.13 bits per heavy atom. The third kappa shape index (κ3) is 3.48. The van der Waals surface area contributed by atoms with Gasteiger partial charge in [0.05, 0.1) is 35.6 Å². The van der Waals surface area contributed by atoms with Crippen molar-refractivity contribution in [3.63, 3.8) is 0 Å². The van der Waals surface area contributed by atoms with Gasteiger partial charge >= 0.3 is 0 Å². The first-order valence-electron chi connectivity index (χ1n) is 9.31. The standard InChI is InChI=1S/C22H17N5O2S/c1-29-17-7-8-18-19(10-17)30-22(25-18)26-21(28)16-9-15-12-24-27(20(15)23-11-16)13-14-5-3-2-4-6-14/h2-12H,13H2,1H3,(H,25,26,28). The number of hydrogen-bond acceptors (Lipinski definition) is 6. The van der Waals surface area contributed by atoms with Crippen LogP contribution in [-0.4, -0.2) is 32.8 Å². The number of benzene rings is 2. The minimum absolute atomic E-state index is 0.258. The van der Waals surface area contributed by atoms with Crippen LogP contribution in [0.25, 0.3) is 21.3 Å². The highest BCUT2D eigenvalue weighted by atomic mass is 32.1. The molecule has 8 heteroatoms. The Kier molecular flexibility index (Phi) is 4.61. The molecule has 0 radical (unpaired) electrons. The van der Waals surface area contributed by atoms with Gasteiger partial charge in [0.1, 0.15) is 5.75 Å². The highest BCUT2D eigenvalue weighted by Crippen LogP contribution is 2.29. The minimum Gasteiger partial charge on any atom is -0.497 e. The van der Waals surface area contributed by atoms with Crippen molar-refractivity contribution in [1.29, 1.82) is 0 Å². The predicted molar refractivity (Wildman–Crippen MR) is 117 cm³/mol. The number of nitrogens with zero attached hydrogens (tertiary/aromatic N) is 4. The molecule has 30 heavy (non-hydrogen) atoms. The number of thiazole rings is 1. The Balaban J connectivity index is 1.37. The molecule has 5 aromatic rings. The van der Waals surface area contributed by atoms with E-state index in [0.717, 1.165) is 32.6 Å². The predicted octanol–water partition coefficient (Wildman–Crippen LogP) is 4.35. The lowest BCUT2D eigenvalue weighted by atomic mass is 10.2. The van der Waals surface area contributed by atoms with E-state index in [9.17, 15) is 4.79 Å². The maximum Gasteiger partial charge on any atom is 0.259 e. The first-order valence-corrected chi connectivity index (χ1v) is 10.1. The van der Waals surface area contributed by atoms with Crippen molar-refractivity contribution in [2.75, 3.05) is 12.4 Å². The van der Waals surface area contributed by atoms with Crippen LogP contribution in [0.5, 0.6) is 5.75 Å². The molecule has 0 aliphatic rings. The summed E-state index contributed by atoms with van der Waals surface area (Å²) in [4.78, 5) is 21.7. The van der Waals surface area contributed by atoms with Crippen LogP contribution in [0.4, 0.5) is 5.13 Å². The summed E-state index contributed by atoms with van der Waals surface area (Å²) in [5, 5.41) is 8.62. The zero-order valence-corrected chi connectivity index (χ0v) is 16.9. The molecule has 1 amide bonds. The monoisotopic (exact) mass is 415 g/mol. The Morgan fingerprint density at radius 2 is 2.00 bits per heavy atom. The van der Waals surface area contributed by atoms with Crippen LogP contribution >= 0.6 is 11.3 Å². The number of carbonyl (C=O) groups excluding carboxylic acids is 1. The summed E-state index contributed by atoms with van der Waals surface area (Å²) in [6.45, 7) is 0.623. The van der Waals surface area contributed by atoms with E-state index in [-0.39, 0.29) is 5.91 Å². The van der Waals surface area contributed by atoms with Crippen molar-refractivity contribution in [3.05, 3.63) is 78.1 Å². The van der Waals surface area contributed by atoms with Crippen molar-refractivity contribution in [1.82, 2.24) is 19.7 Å². The van der Waals surface area contributed by atoms with Crippen LogP contribution in [0.2, 0.25) is 0 Å². The Hall–Kier alpha value is -3.78. The lowest BCUT2D eigenvalue weighted by Gasteiger charge is -2.04. The van der Waals surface area contributed by atoms with Crippen LogP contribution in [0.1, 0.15) is 15.9 Å². The third-order valence-electron chi connectivity index (χ3n) is 4.73. The van der Waals surface area contributed by atoms with Crippen LogP contribution in [0.15, 0.2) is 67.0 Å². The summed E-state index contributed by atoms with van der Waals surface area (Å²) < 4.78 is 8.01. The normalized spacial score (nSPS) is 11.1. The third-order valence-corrected chi connectivity index (χ3v) is 5.66. The second-order valence-corrected chi connectivity index (χ2v) is 7.76. The lowest BCUT2D eigenvalue weighted by molar-refractivity contribution is 0.102. The number of carbonyl (C=O) groups is 1. The Morgan fingerprint density at radius 3 is 2.83 bits per heavy atom. The van der Waals surface area contributed by atoms with Crippen molar-refractivity contribution < 1.29 is 9.53 Å². The van der Waals surface area contributed by atoms with E-state index in [1.165, 1.54) is 11.3 Å². The Labute approximate surface area is 176 Å². The zero-order valence-electron chi connectivity index (χ0n) is 16.1. The molecule has 3 heterocycles. The molecule has 0 fully saturated rings. The van der Waals surface area contributed by atoms with Gasteiger partial charge in [-0.2, -0.15) is 5.10 Å². The van der Waals surface area contributed by atoms with E-state index < -0.39 is 0 Å². The van der Waals surface area contributed by atoms with Crippen molar-refractivity contribution in [2.45, 2.75) is 6.54 Å². The summed E-state index contributed by atoms with van der Waals surface area (Å²) in [5.74, 6) is 0.498. The largest absolute Gasteiger partial charge is 0.497 e. The molecule has 5 rings (SSSR count). The van der Waals surface area contributed by atoms with Gasteiger partial charge in [-0.25, -0.2) is 14.6 Å². The summed E-state index contributed by atoms with van der Waals surface area (Å²) in [6, 6.07) is 17.5. The fourth-order valence-corrected chi connectivity index (χ4v) is 4.11. The first kappa shape index (κ1) is 18.3. The van der Waals surface area contributed by atoms with E-state index in [1.54, 1.807) is 25.6 Å². The second-order valence-electron chi connectivity index (χ2n) is 6.73. The molecule has 3 aromatic heterocycles. The smallest absolute Gasteiger partial charge is 0.259 e. The molecule has 0 saturated carbocycles. The summed E-state index contributed by atoms with van der Waals surface area (Å²) in [6.07, 6.45) is 3.29. The van der Waals surface area contributed by atoms with Gasteiger partial charge in [0.15, 0.2) is 10.8 Å². The van der Waals surface area contributed by atoms with E-state index in [1.807, 2.05) is 53.2 Å². The number of methoxy groups -OCH3 is 1. The number of aromatic nitrogens is 4. The van der Waals surface area contributed by atoms with Crippen molar-refractivity contribution in [2.24, 2.45) is 0 Å². The summed E-state index contributed by atoms with van der Waals surface area (Å²) >= 11 is 1.40. The topological polar surface area (TPSA) is 81.9 Å². The molecule has 0 bridgehead atoms. The molecular weight excluding hydrogens is 398 g/mol. The molecule has 148 valence electrons. The van der Waals surface area contributed by atoms with Crippen molar-refractivity contribution in [3.8, 4) is 5.75 Å². The average Bonchev–Trinajstić information content (AvgIpc) is 3.36. The van der Waals surface area contributed by atoms with Gasteiger partial charge in [-0.05, 0) is 29.8 Å². The molecule has 7 nitrogen and oxygen atoms in total. The molecule has 0 spiro atoms. The molecule has 0 aliphatic carbocycles. The van der Waals surface area contributed by atoms with Gasteiger partial charge in [0.25, 0.3) is 5.91 Å². The van der Waals surface area contributed by atoms with Crippen LogP contribution in [0.3, 0.4) is 0 Å². The van der Waals surface area contributed by atoms with E-state index >= 15 is 0 Å². The van der Waals surface area contributed by atoms with Crippen molar-refractivity contribution >= 4 is 43.6 Å². The van der Waals surface area contributed by atoms with Gasteiger partial charge < -0.3 is 4.74 Å². The minimum atomic E-state index is -0.258. The first-order chi connectivity index (χ1) is 14.7. The van der Waals surface area contributed by atoms with Crippen LogP contribution < -0.4 is 10.1 Å². The SMILES string of the molecule is COc1ccc2nc(NC(=O)c3cnc4c(cnn4Cc4ccccc4)c3)sc2c1. The maximum absolute atomic E-state index is 12.7. The number of pyridine rings is 1. The molecule has 0 atom stereocenters. The number of fused-ring (bicyclic) bond motifs is 2. The number of anilines is 1. The summed E-state index contributed by atoms with van der Waals surface area (Å²) in [5.41, 5.74) is 3.14. The van der Waals surface area contributed by atoms with E-state index in [4.69, 9.17) is 4.74 Å². The number of ether oxygens (including phenoxy) is 1. The maximum atomic E-state index is 12.7. The Bertz CT molecular complexity index is 1360. The molecule has 2 aromatic carbocycles. The number of nitrogens with one attached hydrogen (secondary N) is 1. The van der Waals surface area contributed by atoms with E-state index in [2.05, 4.69) is 20.4 Å².